The van der Waals surface area contributed by atoms with Gasteiger partial charge in [0, 0.05) is 38.7 Å². The zero-order valence-electron chi connectivity index (χ0n) is 18.6. The van der Waals surface area contributed by atoms with Crippen LogP contribution in [0.2, 0.25) is 0 Å². The molecule has 6 nitrogen and oxygen atoms in total. The highest BCUT2D eigenvalue weighted by Crippen LogP contribution is 2.45. The van der Waals surface area contributed by atoms with E-state index >= 15 is 0 Å². The summed E-state index contributed by atoms with van der Waals surface area (Å²) in [4.78, 5) is 0. The lowest BCUT2D eigenvalue weighted by atomic mass is 10.0. The molecule has 6 heteroatoms. The van der Waals surface area contributed by atoms with Crippen molar-refractivity contribution in [2.75, 3.05) is 42.0 Å². The van der Waals surface area contributed by atoms with Gasteiger partial charge in [0.15, 0.2) is 36.6 Å². The van der Waals surface area contributed by atoms with Crippen molar-refractivity contribution >= 4 is 0 Å². The van der Waals surface area contributed by atoms with Gasteiger partial charge in [-0.1, -0.05) is 19.8 Å². The molecule has 1 aromatic rings. The SMILES string of the molecule is CCCCC#CCCCCCc1c(OC)c(OCOC)cc(OC)c1OCOC. The highest BCUT2D eigenvalue weighted by Gasteiger charge is 2.22. The van der Waals surface area contributed by atoms with E-state index in [0.717, 1.165) is 44.1 Å². The van der Waals surface area contributed by atoms with Gasteiger partial charge in [-0.05, 0) is 25.7 Å². The fourth-order valence-corrected chi connectivity index (χ4v) is 2.89. The Morgan fingerprint density at radius 1 is 0.724 bits per heavy atom. The van der Waals surface area contributed by atoms with Crippen LogP contribution in [0.15, 0.2) is 6.07 Å². The second kappa shape index (κ2) is 15.8. The summed E-state index contributed by atoms with van der Waals surface area (Å²) < 4.78 is 32.8. The number of hydrogen-bond donors (Lipinski definition) is 0. The van der Waals surface area contributed by atoms with Gasteiger partial charge >= 0.3 is 0 Å². The van der Waals surface area contributed by atoms with Gasteiger partial charge in [-0.2, -0.15) is 0 Å². The van der Waals surface area contributed by atoms with Gasteiger partial charge < -0.3 is 28.4 Å². The smallest absolute Gasteiger partial charge is 0.188 e. The molecular formula is C23H36O6. The van der Waals surface area contributed by atoms with E-state index in [4.69, 9.17) is 28.4 Å². The minimum Gasteiger partial charge on any atom is -0.493 e. The van der Waals surface area contributed by atoms with Crippen LogP contribution in [0.25, 0.3) is 0 Å². The van der Waals surface area contributed by atoms with Crippen LogP contribution in [0, 0.1) is 11.8 Å². The quantitative estimate of drug-likeness (QED) is 0.232. The Labute approximate surface area is 175 Å². The van der Waals surface area contributed by atoms with E-state index in [1.54, 1.807) is 34.5 Å². The summed E-state index contributed by atoms with van der Waals surface area (Å²) in [7, 11) is 6.38. The highest BCUT2D eigenvalue weighted by molar-refractivity contribution is 5.61. The lowest BCUT2D eigenvalue weighted by molar-refractivity contribution is 0.0444. The fourth-order valence-electron chi connectivity index (χ4n) is 2.89. The Morgan fingerprint density at radius 3 is 2.03 bits per heavy atom. The standard InChI is InChI=1S/C23H36O6/c1-6-7-8-9-10-11-12-13-14-15-19-22(27-5)21(28-17-24-2)16-20(26-4)23(19)29-18-25-3/h16H,6-8,11-15,17-18H2,1-5H3. The van der Waals surface area contributed by atoms with E-state index in [1.807, 2.05) is 0 Å². The Hall–Kier alpha value is -2.10. The van der Waals surface area contributed by atoms with Gasteiger partial charge in [-0.3, -0.25) is 0 Å². The molecule has 0 radical (unpaired) electrons. The van der Waals surface area contributed by atoms with E-state index in [2.05, 4.69) is 18.8 Å². The first-order valence-electron chi connectivity index (χ1n) is 10.2. The van der Waals surface area contributed by atoms with Crippen LogP contribution in [0.5, 0.6) is 23.0 Å². The molecule has 1 rings (SSSR count). The largest absolute Gasteiger partial charge is 0.493 e. The molecule has 0 spiro atoms. The van der Waals surface area contributed by atoms with Crippen molar-refractivity contribution in [1.29, 1.82) is 0 Å². The molecule has 0 fully saturated rings. The molecule has 0 aliphatic heterocycles. The van der Waals surface area contributed by atoms with Gasteiger partial charge in [-0.25, -0.2) is 0 Å². The fraction of sp³-hybridized carbons (Fsp3) is 0.652. The molecular weight excluding hydrogens is 372 g/mol. The van der Waals surface area contributed by atoms with Gasteiger partial charge in [0.2, 0.25) is 0 Å². The number of ether oxygens (including phenoxy) is 6. The van der Waals surface area contributed by atoms with Crippen LogP contribution in [0.1, 0.15) is 57.4 Å². The topological polar surface area (TPSA) is 55.4 Å². The third-order valence-corrected chi connectivity index (χ3v) is 4.34. The molecule has 0 bridgehead atoms. The van der Waals surface area contributed by atoms with E-state index in [-0.39, 0.29) is 13.6 Å². The highest BCUT2D eigenvalue weighted by atomic mass is 16.7. The summed E-state index contributed by atoms with van der Waals surface area (Å²) in [5, 5.41) is 0. The van der Waals surface area contributed by atoms with Crippen molar-refractivity contribution in [2.24, 2.45) is 0 Å². The van der Waals surface area contributed by atoms with E-state index < -0.39 is 0 Å². The molecule has 0 heterocycles. The van der Waals surface area contributed by atoms with Crippen molar-refractivity contribution in [2.45, 2.75) is 58.3 Å². The molecule has 0 atom stereocenters. The van der Waals surface area contributed by atoms with Crippen LogP contribution >= 0.6 is 0 Å². The first-order valence-corrected chi connectivity index (χ1v) is 10.2. The molecule has 0 aliphatic rings. The first-order chi connectivity index (χ1) is 14.2. The van der Waals surface area contributed by atoms with E-state index in [0.29, 0.717) is 23.0 Å². The van der Waals surface area contributed by atoms with Crippen molar-refractivity contribution in [1.82, 2.24) is 0 Å². The zero-order chi connectivity index (χ0) is 21.3. The third kappa shape index (κ3) is 8.84. The lowest BCUT2D eigenvalue weighted by Crippen LogP contribution is -2.08. The normalized spacial score (nSPS) is 10.2. The maximum atomic E-state index is 5.81. The predicted molar refractivity (Wildman–Crippen MR) is 114 cm³/mol. The first kappa shape index (κ1) is 24.9. The predicted octanol–water partition coefficient (Wildman–Crippen LogP) is 4.97. The van der Waals surface area contributed by atoms with E-state index in [9.17, 15) is 0 Å². The molecule has 0 aromatic heterocycles. The van der Waals surface area contributed by atoms with Crippen LogP contribution in [-0.4, -0.2) is 42.0 Å². The average molecular weight is 409 g/mol. The summed E-state index contributed by atoms with van der Waals surface area (Å²) in [5.41, 5.74) is 0.907. The number of methoxy groups -OCH3 is 4. The monoisotopic (exact) mass is 408 g/mol. The van der Waals surface area contributed by atoms with E-state index in [1.165, 1.54) is 12.8 Å². The summed E-state index contributed by atoms with van der Waals surface area (Å²) >= 11 is 0. The Kier molecular flexibility index (Phi) is 13.6. The molecule has 0 aliphatic carbocycles. The molecule has 164 valence electrons. The van der Waals surface area contributed by atoms with Crippen LogP contribution < -0.4 is 18.9 Å². The second-order valence-corrected chi connectivity index (χ2v) is 6.54. The van der Waals surface area contributed by atoms with Gasteiger partial charge in [-0.15, -0.1) is 11.8 Å². The minimum absolute atomic E-state index is 0.119. The maximum Gasteiger partial charge on any atom is 0.188 e. The average Bonchev–Trinajstić information content (AvgIpc) is 2.74. The second-order valence-electron chi connectivity index (χ2n) is 6.54. The summed E-state index contributed by atoms with van der Waals surface area (Å²) in [5.74, 6) is 8.89. The lowest BCUT2D eigenvalue weighted by Gasteiger charge is -2.20. The summed E-state index contributed by atoms with van der Waals surface area (Å²) in [6.45, 7) is 2.43. The molecule has 29 heavy (non-hydrogen) atoms. The maximum absolute atomic E-state index is 5.81. The molecule has 0 unspecified atom stereocenters. The van der Waals surface area contributed by atoms with Crippen LogP contribution in [0.4, 0.5) is 0 Å². The molecule has 0 N–H and O–H groups in total. The van der Waals surface area contributed by atoms with Gasteiger partial charge in [0.25, 0.3) is 0 Å². The number of hydrogen-bond acceptors (Lipinski definition) is 6. The zero-order valence-corrected chi connectivity index (χ0v) is 18.6. The number of unbranched alkanes of at least 4 members (excludes halogenated alkanes) is 5. The third-order valence-electron chi connectivity index (χ3n) is 4.34. The van der Waals surface area contributed by atoms with Crippen LogP contribution in [-0.2, 0) is 15.9 Å². The Bertz CT molecular complexity index is 632. The Balaban J connectivity index is 2.87. The summed E-state index contributed by atoms with van der Waals surface area (Å²) in [6.07, 6.45) is 8.21. The van der Waals surface area contributed by atoms with Crippen molar-refractivity contribution in [3.05, 3.63) is 11.6 Å². The van der Waals surface area contributed by atoms with Crippen LogP contribution in [0.3, 0.4) is 0 Å². The van der Waals surface area contributed by atoms with Gasteiger partial charge in [0.05, 0.1) is 14.2 Å². The minimum atomic E-state index is 0.119. The molecule has 1 aromatic carbocycles. The van der Waals surface area contributed by atoms with Crippen molar-refractivity contribution in [3.8, 4) is 34.8 Å². The van der Waals surface area contributed by atoms with Crippen molar-refractivity contribution < 1.29 is 28.4 Å². The van der Waals surface area contributed by atoms with Crippen molar-refractivity contribution in [3.63, 3.8) is 0 Å². The number of rotatable bonds is 15. The molecule has 0 amide bonds. The number of benzene rings is 1. The Morgan fingerprint density at radius 2 is 1.41 bits per heavy atom. The molecule has 0 saturated carbocycles. The van der Waals surface area contributed by atoms with Gasteiger partial charge in [0.1, 0.15) is 0 Å². The molecule has 0 saturated heterocycles. The summed E-state index contributed by atoms with van der Waals surface area (Å²) in [6, 6.07) is 1.75.